The summed E-state index contributed by atoms with van der Waals surface area (Å²) < 4.78 is 33.4. The lowest BCUT2D eigenvalue weighted by atomic mass is 10.2. The molecule has 1 aromatic rings. The van der Waals surface area contributed by atoms with Gasteiger partial charge in [-0.05, 0) is 20.8 Å². The summed E-state index contributed by atoms with van der Waals surface area (Å²) in [6, 6.07) is -0.511. The highest BCUT2D eigenvalue weighted by atomic mass is 31.2. The lowest BCUT2D eigenvalue weighted by molar-refractivity contribution is -0.0360. The van der Waals surface area contributed by atoms with Crippen molar-refractivity contribution in [3.05, 3.63) is 44.1 Å². The summed E-state index contributed by atoms with van der Waals surface area (Å²) in [6.45, 7) is 4.15. The molecule has 0 amide bonds. The molecule has 148 valence electrons. The number of H-pyrrole nitrogens is 1. The van der Waals surface area contributed by atoms with Crippen LogP contribution in [0.3, 0.4) is 0 Å². The Labute approximate surface area is 153 Å². The molecular weight excluding hydrogens is 383 g/mol. The molecule has 2 heterocycles. The predicted octanol–water partition coefficient (Wildman–Crippen LogP) is 1.12. The van der Waals surface area contributed by atoms with Gasteiger partial charge in [-0.1, -0.05) is 0 Å². The standard InChI is InChI=1S/C15H19N2O9P/c1-7-6-17(13(19)16-12(7)18)8-5-9(11-10(8)24-11)25-15(2,3)27(21,22)26-14(20)23-4/h6,8-9H,5H2,1-4H3,(H,21,22)(H,16,18,19)/t8-,9+/m1/s1. The molecule has 12 heteroatoms. The SMILES string of the molecule is COC(=O)OP(=O)(O)C(C)(C)O[C@H]1C[C@@H](n2cc(C)c(=O)[nH]c2=O)C2=C1O2. The number of nitrogens with one attached hydrogen (secondary N) is 1. The van der Waals surface area contributed by atoms with Crippen LogP contribution in [0.4, 0.5) is 4.79 Å². The first-order valence-corrected chi connectivity index (χ1v) is 9.57. The first-order chi connectivity index (χ1) is 12.5. The van der Waals surface area contributed by atoms with Gasteiger partial charge in [-0.25, -0.2) is 14.2 Å². The molecule has 1 aliphatic heterocycles. The third kappa shape index (κ3) is 3.45. The van der Waals surface area contributed by atoms with Crippen LogP contribution in [0.5, 0.6) is 0 Å². The average molecular weight is 402 g/mol. The van der Waals surface area contributed by atoms with Gasteiger partial charge in [0, 0.05) is 18.2 Å². The summed E-state index contributed by atoms with van der Waals surface area (Å²) in [5.74, 6) is 0.952. The van der Waals surface area contributed by atoms with Gasteiger partial charge < -0.3 is 23.6 Å². The number of hydrogen-bond acceptors (Lipinski definition) is 8. The number of rotatable bonds is 5. The highest BCUT2D eigenvalue weighted by molar-refractivity contribution is 7.54. The van der Waals surface area contributed by atoms with Crippen LogP contribution in [0, 0.1) is 6.92 Å². The zero-order chi connectivity index (χ0) is 20.1. The normalized spacial score (nSPS) is 23.3. The molecule has 3 rings (SSSR count). The topological polar surface area (TPSA) is 149 Å². The van der Waals surface area contributed by atoms with E-state index >= 15 is 0 Å². The van der Waals surface area contributed by atoms with Crippen LogP contribution in [0.25, 0.3) is 0 Å². The Morgan fingerprint density at radius 3 is 2.70 bits per heavy atom. The number of carbonyl (C=O) groups excluding carboxylic acids is 1. The molecule has 0 spiro atoms. The van der Waals surface area contributed by atoms with Gasteiger partial charge in [0.2, 0.25) is 0 Å². The maximum Gasteiger partial charge on any atom is 0.514 e. The summed E-state index contributed by atoms with van der Waals surface area (Å²) >= 11 is 0. The minimum absolute atomic E-state index is 0.248. The van der Waals surface area contributed by atoms with Crippen LogP contribution >= 0.6 is 7.60 Å². The highest BCUT2D eigenvalue weighted by Crippen LogP contribution is 2.59. The van der Waals surface area contributed by atoms with Gasteiger partial charge in [-0.15, -0.1) is 0 Å². The fourth-order valence-electron chi connectivity index (χ4n) is 2.79. The monoisotopic (exact) mass is 402 g/mol. The molecule has 0 saturated heterocycles. The van der Waals surface area contributed by atoms with Crippen molar-refractivity contribution >= 4 is 13.8 Å². The van der Waals surface area contributed by atoms with Crippen LogP contribution in [-0.2, 0) is 23.3 Å². The van der Waals surface area contributed by atoms with E-state index in [2.05, 4.69) is 14.2 Å². The molecular formula is C15H19N2O9P. The molecule has 1 aromatic heterocycles. The number of methoxy groups -OCH3 is 1. The van der Waals surface area contributed by atoms with E-state index in [9.17, 15) is 23.8 Å². The molecule has 0 radical (unpaired) electrons. The largest absolute Gasteiger partial charge is 0.514 e. The van der Waals surface area contributed by atoms with Gasteiger partial charge in [-0.2, -0.15) is 0 Å². The fraction of sp³-hybridized carbons (Fsp3) is 0.533. The summed E-state index contributed by atoms with van der Waals surface area (Å²) in [5.41, 5.74) is -0.719. The Kier molecular flexibility index (Phi) is 4.57. The average Bonchev–Trinajstić information content (AvgIpc) is 3.28. The molecule has 1 aliphatic carbocycles. The lowest BCUT2D eigenvalue weighted by Crippen LogP contribution is -2.36. The minimum Gasteiger partial charge on any atom is -0.454 e. The Balaban J connectivity index is 1.79. The van der Waals surface area contributed by atoms with Crippen molar-refractivity contribution in [2.75, 3.05) is 7.11 Å². The summed E-state index contributed by atoms with van der Waals surface area (Å²) in [7, 11) is -3.52. The van der Waals surface area contributed by atoms with Crippen molar-refractivity contribution in [2.24, 2.45) is 0 Å². The molecule has 3 atom stereocenters. The van der Waals surface area contributed by atoms with Crippen LogP contribution < -0.4 is 11.2 Å². The number of aromatic nitrogens is 2. The number of ether oxygens (including phenoxy) is 3. The van der Waals surface area contributed by atoms with Crippen molar-refractivity contribution in [3.8, 4) is 0 Å². The highest BCUT2D eigenvalue weighted by Gasteiger charge is 2.54. The van der Waals surface area contributed by atoms with Crippen molar-refractivity contribution in [2.45, 2.75) is 44.7 Å². The molecule has 27 heavy (non-hydrogen) atoms. The van der Waals surface area contributed by atoms with Crippen molar-refractivity contribution < 1.29 is 33.0 Å². The third-order valence-corrected chi connectivity index (χ3v) is 6.27. The molecule has 0 saturated carbocycles. The molecule has 0 aromatic carbocycles. The third-order valence-electron chi connectivity index (χ3n) is 4.41. The van der Waals surface area contributed by atoms with Gasteiger partial charge in [0.1, 0.15) is 12.1 Å². The Morgan fingerprint density at radius 2 is 2.07 bits per heavy atom. The fourth-order valence-corrected chi connectivity index (χ4v) is 3.55. The van der Waals surface area contributed by atoms with Crippen LogP contribution in [-0.4, -0.2) is 39.2 Å². The number of aryl methyl sites for hydroxylation is 1. The van der Waals surface area contributed by atoms with E-state index in [1.54, 1.807) is 6.92 Å². The van der Waals surface area contributed by atoms with Crippen LogP contribution in [0.15, 0.2) is 27.3 Å². The van der Waals surface area contributed by atoms with Crippen molar-refractivity contribution in [1.29, 1.82) is 0 Å². The van der Waals surface area contributed by atoms with E-state index < -0.39 is 42.5 Å². The van der Waals surface area contributed by atoms with Gasteiger partial charge >= 0.3 is 19.4 Å². The summed E-state index contributed by atoms with van der Waals surface area (Å²) in [4.78, 5) is 47.1. The maximum atomic E-state index is 12.4. The number of aromatic amines is 1. The number of hydrogen-bond donors (Lipinski definition) is 2. The first kappa shape index (κ1) is 19.4. The van der Waals surface area contributed by atoms with E-state index in [1.807, 2.05) is 0 Å². The minimum atomic E-state index is -4.54. The molecule has 11 nitrogen and oxygen atoms in total. The van der Waals surface area contributed by atoms with Gasteiger partial charge in [-0.3, -0.25) is 14.3 Å². The smallest absolute Gasteiger partial charge is 0.454 e. The van der Waals surface area contributed by atoms with E-state index in [-0.39, 0.29) is 6.42 Å². The molecule has 0 bridgehead atoms. The number of nitrogens with zero attached hydrogens (tertiary/aromatic N) is 1. The number of allylic oxidation sites excluding steroid dienone is 1. The maximum absolute atomic E-state index is 12.4. The van der Waals surface area contributed by atoms with E-state index in [1.165, 1.54) is 24.6 Å². The Hall–Kier alpha value is -2.36. The Bertz CT molecular complexity index is 990. The first-order valence-electron chi connectivity index (χ1n) is 7.99. The van der Waals surface area contributed by atoms with E-state index in [4.69, 9.17) is 9.47 Å². The lowest BCUT2D eigenvalue weighted by Gasteiger charge is -2.31. The van der Waals surface area contributed by atoms with E-state index in [0.717, 1.165) is 7.11 Å². The van der Waals surface area contributed by atoms with Crippen LogP contribution in [0.2, 0.25) is 0 Å². The second kappa shape index (κ2) is 6.36. The van der Waals surface area contributed by atoms with Gasteiger partial charge in [0.15, 0.2) is 16.9 Å². The molecule has 0 fully saturated rings. The Morgan fingerprint density at radius 1 is 1.41 bits per heavy atom. The molecule has 2 N–H and O–H groups in total. The molecule has 2 aliphatic rings. The zero-order valence-corrected chi connectivity index (χ0v) is 15.9. The van der Waals surface area contributed by atoms with Crippen LogP contribution in [0.1, 0.15) is 31.9 Å². The molecule has 1 unspecified atom stereocenters. The van der Waals surface area contributed by atoms with Gasteiger partial charge in [0.25, 0.3) is 5.56 Å². The quantitative estimate of drug-likeness (QED) is 0.545. The number of carbonyl (C=O) groups is 1. The summed E-state index contributed by atoms with van der Waals surface area (Å²) in [5, 5.41) is -1.75. The second-order valence-electron chi connectivity index (χ2n) is 6.68. The van der Waals surface area contributed by atoms with Crippen molar-refractivity contribution in [1.82, 2.24) is 9.55 Å². The zero-order valence-electron chi connectivity index (χ0n) is 15.0. The summed E-state index contributed by atoms with van der Waals surface area (Å²) in [6.07, 6.45) is -0.360. The van der Waals surface area contributed by atoms with E-state index in [0.29, 0.717) is 17.1 Å². The second-order valence-corrected chi connectivity index (χ2v) is 8.98. The van der Waals surface area contributed by atoms with Gasteiger partial charge in [0.05, 0.1) is 7.11 Å². The van der Waals surface area contributed by atoms with Crippen molar-refractivity contribution in [3.63, 3.8) is 0 Å². The predicted molar refractivity (Wildman–Crippen MR) is 90.1 cm³/mol.